The van der Waals surface area contributed by atoms with Gasteiger partial charge in [-0.05, 0) is 42.2 Å². The summed E-state index contributed by atoms with van der Waals surface area (Å²) < 4.78 is 0. The number of hydrogen-bond acceptors (Lipinski definition) is 8. The van der Waals surface area contributed by atoms with Gasteiger partial charge in [-0.2, -0.15) is 0 Å². The molecule has 1 fully saturated rings. The third-order valence-electron chi connectivity index (χ3n) is 7.93. The van der Waals surface area contributed by atoms with E-state index >= 15 is 0 Å². The number of hydrogen-bond donors (Lipinski definition) is 3. The molecule has 2 unspecified atom stereocenters. The van der Waals surface area contributed by atoms with Crippen LogP contribution in [0.25, 0.3) is 0 Å². The minimum Gasteiger partial charge on any atom is -0.511 e. The number of fused-ring (bicyclic) bond motifs is 1. The zero-order chi connectivity index (χ0) is 30.1. The minimum absolute atomic E-state index is 0.0482. The van der Waals surface area contributed by atoms with Gasteiger partial charge in [0.2, 0.25) is 11.8 Å². The summed E-state index contributed by atoms with van der Waals surface area (Å²) in [5.41, 5.74) is 2.47. The maximum atomic E-state index is 13.4. The number of pyridine rings is 1. The molecule has 2 aromatic carbocycles. The van der Waals surface area contributed by atoms with Crippen molar-refractivity contribution in [3.63, 3.8) is 0 Å². The Bertz CT molecular complexity index is 1730. The Morgan fingerprint density at radius 2 is 1.84 bits per heavy atom. The number of piperidine rings is 1. The number of imide groups is 1. The molecule has 43 heavy (non-hydrogen) atoms. The van der Waals surface area contributed by atoms with Crippen LogP contribution in [0.2, 0.25) is 0 Å². The van der Waals surface area contributed by atoms with Crippen molar-refractivity contribution in [2.24, 2.45) is 4.99 Å². The fourth-order valence-corrected chi connectivity index (χ4v) is 5.71. The first-order chi connectivity index (χ1) is 20.8. The van der Waals surface area contributed by atoms with E-state index in [2.05, 4.69) is 20.6 Å². The molecule has 0 spiro atoms. The first-order valence-corrected chi connectivity index (χ1v) is 13.9. The van der Waals surface area contributed by atoms with Crippen molar-refractivity contribution in [2.45, 2.75) is 44.2 Å². The molecule has 1 aromatic heterocycles. The Kier molecular flexibility index (Phi) is 7.37. The molecule has 4 amide bonds. The van der Waals surface area contributed by atoms with Crippen molar-refractivity contribution in [1.82, 2.24) is 15.2 Å². The summed E-state index contributed by atoms with van der Waals surface area (Å²) in [4.78, 5) is 73.4. The number of rotatable bonds is 6. The molecule has 2 aliphatic heterocycles. The largest absolute Gasteiger partial charge is 0.511 e. The first-order valence-electron chi connectivity index (χ1n) is 13.9. The zero-order valence-corrected chi connectivity index (χ0v) is 22.9. The van der Waals surface area contributed by atoms with E-state index in [4.69, 9.17) is 0 Å². The second-order valence-corrected chi connectivity index (χ2v) is 10.6. The molecule has 3 N–H and O–H groups in total. The molecule has 0 radical (unpaired) electrons. The van der Waals surface area contributed by atoms with Crippen LogP contribution in [-0.2, 0) is 20.9 Å². The van der Waals surface area contributed by atoms with Crippen LogP contribution >= 0.6 is 0 Å². The van der Waals surface area contributed by atoms with Gasteiger partial charge in [0.05, 0.1) is 11.1 Å². The molecule has 11 heteroatoms. The highest BCUT2D eigenvalue weighted by Crippen LogP contribution is 2.34. The van der Waals surface area contributed by atoms with E-state index < -0.39 is 17.9 Å². The van der Waals surface area contributed by atoms with E-state index in [1.807, 2.05) is 30.3 Å². The number of carbonyl (C=O) groups is 5. The smallest absolute Gasteiger partial charge is 0.259 e. The topological polar surface area (TPSA) is 158 Å². The number of ketones is 1. The summed E-state index contributed by atoms with van der Waals surface area (Å²) in [5, 5.41) is 15.8. The van der Waals surface area contributed by atoms with Crippen LogP contribution in [0.4, 0.5) is 11.5 Å². The number of nitrogens with zero attached hydrogens (tertiary/aromatic N) is 3. The van der Waals surface area contributed by atoms with Gasteiger partial charge in [-0.15, -0.1) is 0 Å². The van der Waals surface area contributed by atoms with Crippen molar-refractivity contribution in [3.8, 4) is 0 Å². The summed E-state index contributed by atoms with van der Waals surface area (Å²) >= 11 is 0. The number of Topliss-reactive ketones (excluding diaryl/α,β-unsaturated/α-hetero) is 1. The van der Waals surface area contributed by atoms with Crippen LogP contribution in [0.15, 0.2) is 83.2 Å². The summed E-state index contributed by atoms with van der Waals surface area (Å²) in [7, 11) is 0. The molecule has 6 rings (SSSR count). The SMILES string of the molecule is O=C1CCC(N2Cc3c(NC(=O)c4cccnc4N=CC4=C(O)CC(c5ccccc5)CC4=O)cccc3C2=O)C(=O)N1. The van der Waals surface area contributed by atoms with Gasteiger partial charge < -0.3 is 15.3 Å². The van der Waals surface area contributed by atoms with Gasteiger partial charge in [-0.25, -0.2) is 9.98 Å². The van der Waals surface area contributed by atoms with Crippen LogP contribution in [0.3, 0.4) is 0 Å². The molecule has 2 atom stereocenters. The number of anilines is 1. The zero-order valence-electron chi connectivity index (χ0n) is 22.9. The second-order valence-electron chi connectivity index (χ2n) is 10.6. The number of allylic oxidation sites excluding steroid dienone is 2. The van der Waals surface area contributed by atoms with Crippen molar-refractivity contribution in [1.29, 1.82) is 0 Å². The second kappa shape index (κ2) is 11.4. The molecule has 3 aromatic rings. The summed E-state index contributed by atoms with van der Waals surface area (Å²) in [6.07, 6.45) is 3.58. The lowest BCUT2D eigenvalue weighted by molar-refractivity contribution is -0.137. The van der Waals surface area contributed by atoms with Crippen molar-refractivity contribution in [3.05, 3.63) is 100 Å². The molecule has 216 valence electrons. The van der Waals surface area contributed by atoms with E-state index in [-0.39, 0.29) is 72.0 Å². The van der Waals surface area contributed by atoms with Gasteiger partial charge in [-0.3, -0.25) is 29.3 Å². The number of aliphatic hydroxyl groups excluding tert-OH is 1. The van der Waals surface area contributed by atoms with Gasteiger partial charge in [0, 0.05) is 55.0 Å². The number of aromatic nitrogens is 1. The number of benzene rings is 2. The highest BCUT2D eigenvalue weighted by molar-refractivity contribution is 6.16. The molecule has 3 heterocycles. The Hall–Kier alpha value is -5.45. The van der Waals surface area contributed by atoms with E-state index in [1.54, 1.807) is 24.3 Å². The van der Waals surface area contributed by atoms with Crippen LogP contribution < -0.4 is 10.6 Å². The molecular formula is C32H27N5O6. The van der Waals surface area contributed by atoms with E-state index in [9.17, 15) is 29.1 Å². The normalized spacial score (nSPS) is 20.4. The third-order valence-corrected chi connectivity index (χ3v) is 7.93. The maximum absolute atomic E-state index is 13.4. The molecule has 1 saturated heterocycles. The first kappa shape index (κ1) is 27.7. The molecular weight excluding hydrogens is 550 g/mol. The van der Waals surface area contributed by atoms with Crippen molar-refractivity contribution >= 4 is 47.1 Å². The lowest BCUT2D eigenvalue weighted by Crippen LogP contribution is -2.52. The van der Waals surface area contributed by atoms with Gasteiger partial charge >= 0.3 is 0 Å². The Balaban J connectivity index is 1.20. The van der Waals surface area contributed by atoms with E-state index in [1.165, 1.54) is 23.4 Å². The molecule has 1 aliphatic carbocycles. The number of carbonyl (C=O) groups excluding carboxylic acids is 5. The summed E-state index contributed by atoms with van der Waals surface area (Å²) in [6, 6.07) is 16.8. The number of aliphatic imine (C=N–C) groups is 1. The average Bonchev–Trinajstić information content (AvgIpc) is 3.34. The highest BCUT2D eigenvalue weighted by Gasteiger charge is 2.40. The van der Waals surface area contributed by atoms with Gasteiger partial charge in [0.15, 0.2) is 11.6 Å². The van der Waals surface area contributed by atoms with Crippen LogP contribution in [0.5, 0.6) is 0 Å². The molecule has 0 bridgehead atoms. The van der Waals surface area contributed by atoms with Crippen LogP contribution in [0, 0.1) is 0 Å². The van der Waals surface area contributed by atoms with Crippen molar-refractivity contribution in [2.75, 3.05) is 5.32 Å². The van der Waals surface area contributed by atoms with Gasteiger partial charge in [-0.1, -0.05) is 36.4 Å². The number of aliphatic hydroxyl groups is 1. The van der Waals surface area contributed by atoms with E-state index in [0.29, 0.717) is 23.2 Å². The van der Waals surface area contributed by atoms with Crippen LogP contribution in [-0.4, -0.2) is 56.7 Å². The minimum atomic E-state index is -0.781. The monoisotopic (exact) mass is 577 g/mol. The quantitative estimate of drug-likeness (QED) is 0.297. The van der Waals surface area contributed by atoms with Crippen molar-refractivity contribution < 1.29 is 29.1 Å². The number of amides is 4. The lowest BCUT2D eigenvalue weighted by Gasteiger charge is -2.29. The number of nitrogens with one attached hydrogen (secondary N) is 2. The predicted octanol–water partition coefficient (Wildman–Crippen LogP) is 3.76. The predicted molar refractivity (Wildman–Crippen MR) is 156 cm³/mol. The third kappa shape index (κ3) is 5.44. The molecule has 3 aliphatic rings. The Labute approximate surface area is 246 Å². The van der Waals surface area contributed by atoms with Gasteiger partial charge in [0.1, 0.15) is 11.8 Å². The Morgan fingerprint density at radius 3 is 2.60 bits per heavy atom. The average molecular weight is 578 g/mol. The lowest BCUT2D eigenvalue weighted by atomic mass is 9.83. The molecule has 11 nitrogen and oxygen atoms in total. The molecule has 0 saturated carbocycles. The van der Waals surface area contributed by atoms with E-state index in [0.717, 1.165) is 5.56 Å². The van der Waals surface area contributed by atoms with Gasteiger partial charge in [0.25, 0.3) is 11.8 Å². The van der Waals surface area contributed by atoms with Crippen LogP contribution in [0.1, 0.15) is 63.4 Å². The highest BCUT2D eigenvalue weighted by atomic mass is 16.3. The maximum Gasteiger partial charge on any atom is 0.259 e. The fraction of sp³-hybridized carbons (Fsp3) is 0.219. The fourth-order valence-electron chi connectivity index (χ4n) is 5.71. The Morgan fingerprint density at radius 1 is 1.02 bits per heavy atom. The summed E-state index contributed by atoms with van der Waals surface area (Å²) in [6.45, 7) is 0.0917. The standard InChI is InChI=1S/C32H27N5O6/c38-26-14-19(18-6-2-1-3-7-18)15-27(39)22(26)16-34-29-21(9-5-13-33-29)30(41)35-24-10-4-8-20-23(24)17-37(32(20)43)25-11-12-28(40)36-31(25)42/h1-10,13,16,19,25,38H,11-12,14-15,17H2,(H,35,41)(H,36,40,42). The summed E-state index contributed by atoms with van der Waals surface area (Å²) in [5.74, 6) is -2.20.